The summed E-state index contributed by atoms with van der Waals surface area (Å²) in [5.41, 5.74) is 2.06. The molecule has 2 aromatic carbocycles. The van der Waals surface area contributed by atoms with Crippen LogP contribution in [-0.2, 0) is 6.54 Å². The van der Waals surface area contributed by atoms with Crippen LogP contribution in [0.3, 0.4) is 0 Å². The van der Waals surface area contributed by atoms with Crippen molar-refractivity contribution >= 4 is 40.8 Å². The number of pyridine rings is 1. The minimum Gasteiger partial charge on any atom is -0.354 e. The van der Waals surface area contributed by atoms with Gasteiger partial charge < -0.3 is 15.5 Å². The second-order valence-corrected chi connectivity index (χ2v) is 6.91. The van der Waals surface area contributed by atoms with Gasteiger partial charge in [-0.15, -0.1) is 24.0 Å². The van der Waals surface area contributed by atoms with Gasteiger partial charge in [0.25, 0.3) is 0 Å². The van der Waals surface area contributed by atoms with Crippen LogP contribution in [0, 0.1) is 11.6 Å². The lowest BCUT2D eigenvalue weighted by Gasteiger charge is -2.26. The number of fused-ring (bicyclic) bond motifs is 1. The lowest BCUT2D eigenvalue weighted by atomic mass is 10.0. The molecule has 0 saturated carbocycles. The molecule has 2 N–H and O–H groups in total. The van der Waals surface area contributed by atoms with Crippen LogP contribution in [0.15, 0.2) is 59.7 Å². The molecule has 1 unspecified atom stereocenters. The highest BCUT2D eigenvalue weighted by molar-refractivity contribution is 14.0. The summed E-state index contributed by atoms with van der Waals surface area (Å²) in [7, 11) is 5.24. The number of likely N-dealkylation sites (N-methyl/N-ethyl adjacent to an activating group) is 1. The minimum absolute atomic E-state index is 0. The van der Waals surface area contributed by atoms with Crippen molar-refractivity contribution < 1.29 is 8.78 Å². The molecule has 0 fully saturated rings. The van der Waals surface area contributed by atoms with Gasteiger partial charge in [0.15, 0.2) is 5.96 Å². The zero-order valence-corrected chi connectivity index (χ0v) is 19.5. The monoisotopic (exact) mass is 525 g/mol. The number of aromatic nitrogens is 1. The first kappa shape index (κ1) is 23.9. The van der Waals surface area contributed by atoms with E-state index in [0.717, 1.165) is 16.5 Å². The fourth-order valence-corrected chi connectivity index (χ4v) is 3.27. The molecule has 1 heterocycles. The maximum absolute atomic E-state index is 14.2. The summed E-state index contributed by atoms with van der Waals surface area (Å²) >= 11 is 0. The molecule has 5 nitrogen and oxygen atoms in total. The van der Waals surface area contributed by atoms with E-state index >= 15 is 0 Å². The predicted octanol–water partition coefficient (Wildman–Crippen LogP) is 4.10. The van der Waals surface area contributed by atoms with Crippen molar-refractivity contribution in [1.82, 2.24) is 20.5 Å². The highest BCUT2D eigenvalue weighted by atomic mass is 127. The Balaban J connectivity index is 0.00000320. The highest BCUT2D eigenvalue weighted by Crippen LogP contribution is 2.24. The summed E-state index contributed by atoms with van der Waals surface area (Å²) in [6, 6.07) is 13.3. The molecule has 8 heteroatoms. The number of para-hydroxylation sites is 1. The van der Waals surface area contributed by atoms with Gasteiger partial charge in [-0.2, -0.15) is 0 Å². The first-order chi connectivity index (χ1) is 14.0. The molecule has 0 aliphatic carbocycles. The van der Waals surface area contributed by atoms with E-state index in [-0.39, 0.29) is 29.5 Å². The molecule has 160 valence electrons. The third-order valence-corrected chi connectivity index (χ3v) is 4.83. The van der Waals surface area contributed by atoms with Gasteiger partial charge in [-0.25, -0.2) is 8.78 Å². The van der Waals surface area contributed by atoms with E-state index in [4.69, 9.17) is 0 Å². The average Bonchev–Trinajstić information content (AvgIpc) is 2.72. The average molecular weight is 525 g/mol. The smallest absolute Gasteiger partial charge is 0.191 e. The summed E-state index contributed by atoms with van der Waals surface area (Å²) in [5.74, 6) is -0.567. The van der Waals surface area contributed by atoms with E-state index in [1.807, 2.05) is 30.3 Å². The van der Waals surface area contributed by atoms with Gasteiger partial charge in [0.1, 0.15) is 11.6 Å². The van der Waals surface area contributed by atoms with Crippen molar-refractivity contribution in [2.24, 2.45) is 4.99 Å². The number of hydrogen-bond donors (Lipinski definition) is 2. The summed E-state index contributed by atoms with van der Waals surface area (Å²) in [5, 5.41) is 7.50. The standard InChI is InChI=1S/C22H25F2N5.HI/c1-25-22(27-13-15-11-12-26-19-10-5-4-7-16(15)19)28-14-20(29(2)3)21-17(23)8-6-9-18(21)24;/h4-12,20H,13-14H2,1-3H3,(H2,25,27,28);1H. The van der Waals surface area contributed by atoms with Crippen molar-refractivity contribution in [2.45, 2.75) is 12.6 Å². The summed E-state index contributed by atoms with van der Waals surface area (Å²) in [6.07, 6.45) is 1.78. The topological polar surface area (TPSA) is 52.6 Å². The zero-order valence-electron chi connectivity index (χ0n) is 17.2. The third-order valence-electron chi connectivity index (χ3n) is 4.83. The lowest BCUT2D eigenvalue weighted by Crippen LogP contribution is -2.41. The number of benzene rings is 2. The third kappa shape index (κ3) is 5.63. The fraction of sp³-hybridized carbons (Fsp3) is 0.273. The van der Waals surface area contributed by atoms with E-state index in [1.165, 1.54) is 18.2 Å². The maximum atomic E-state index is 14.2. The number of nitrogens with one attached hydrogen (secondary N) is 2. The van der Waals surface area contributed by atoms with Crippen LogP contribution in [0.4, 0.5) is 8.78 Å². The van der Waals surface area contributed by atoms with Gasteiger partial charge in [0.2, 0.25) is 0 Å². The molecule has 0 amide bonds. The molecular weight excluding hydrogens is 499 g/mol. The molecule has 30 heavy (non-hydrogen) atoms. The fourth-order valence-electron chi connectivity index (χ4n) is 3.27. The van der Waals surface area contributed by atoms with Gasteiger partial charge in [-0.1, -0.05) is 24.3 Å². The van der Waals surface area contributed by atoms with Crippen molar-refractivity contribution in [1.29, 1.82) is 0 Å². The SMILES string of the molecule is CN=C(NCc1ccnc2ccccc12)NCC(c1c(F)cccc1F)N(C)C.I. The predicted molar refractivity (Wildman–Crippen MR) is 128 cm³/mol. The van der Waals surface area contributed by atoms with Gasteiger partial charge in [-0.3, -0.25) is 9.98 Å². The Morgan fingerprint density at radius 3 is 2.40 bits per heavy atom. The van der Waals surface area contributed by atoms with Gasteiger partial charge in [0, 0.05) is 37.3 Å². The molecule has 0 aliphatic heterocycles. The number of halogens is 3. The summed E-state index contributed by atoms with van der Waals surface area (Å²) in [6.45, 7) is 0.838. The Hall–Kier alpha value is -2.33. The van der Waals surface area contributed by atoms with E-state index in [2.05, 4.69) is 20.6 Å². The molecule has 0 bridgehead atoms. The number of aliphatic imine (C=N–C) groups is 1. The van der Waals surface area contributed by atoms with Crippen molar-refractivity contribution in [3.05, 3.63) is 77.5 Å². The Morgan fingerprint density at radius 1 is 1.03 bits per heavy atom. The molecular formula is C22H26F2IN5. The van der Waals surface area contributed by atoms with Crippen molar-refractivity contribution in [3.8, 4) is 0 Å². The van der Waals surface area contributed by atoms with E-state index in [0.29, 0.717) is 19.0 Å². The van der Waals surface area contributed by atoms with Crippen LogP contribution in [0.25, 0.3) is 10.9 Å². The molecule has 3 aromatic rings. The van der Waals surface area contributed by atoms with Crippen LogP contribution < -0.4 is 10.6 Å². The van der Waals surface area contributed by atoms with Crippen LogP contribution in [0.5, 0.6) is 0 Å². The van der Waals surface area contributed by atoms with Crippen LogP contribution in [0.2, 0.25) is 0 Å². The normalized spacial score (nSPS) is 12.5. The molecule has 1 aromatic heterocycles. The van der Waals surface area contributed by atoms with Gasteiger partial charge >= 0.3 is 0 Å². The summed E-state index contributed by atoms with van der Waals surface area (Å²) in [4.78, 5) is 10.4. The van der Waals surface area contributed by atoms with Crippen LogP contribution >= 0.6 is 24.0 Å². The molecule has 0 spiro atoms. The largest absolute Gasteiger partial charge is 0.354 e. The minimum atomic E-state index is -0.559. The van der Waals surface area contributed by atoms with Gasteiger partial charge in [-0.05, 0) is 43.9 Å². The first-order valence-electron chi connectivity index (χ1n) is 9.38. The Labute approximate surface area is 192 Å². The number of nitrogens with zero attached hydrogens (tertiary/aromatic N) is 3. The van der Waals surface area contributed by atoms with E-state index in [9.17, 15) is 8.78 Å². The number of guanidine groups is 1. The molecule has 3 rings (SSSR count). The molecule has 0 aliphatic rings. The van der Waals surface area contributed by atoms with Crippen LogP contribution in [0.1, 0.15) is 17.2 Å². The Kier molecular flexibility index (Phi) is 8.91. The highest BCUT2D eigenvalue weighted by Gasteiger charge is 2.22. The zero-order chi connectivity index (χ0) is 20.8. The first-order valence-corrected chi connectivity index (χ1v) is 9.38. The van der Waals surface area contributed by atoms with Crippen LogP contribution in [-0.4, -0.2) is 43.5 Å². The Bertz CT molecular complexity index is 984. The quantitative estimate of drug-likeness (QED) is 0.289. The second kappa shape index (κ2) is 11.2. The lowest BCUT2D eigenvalue weighted by molar-refractivity contribution is 0.282. The van der Waals surface area contributed by atoms with Crippen molar-refractivity contribution in [3.63, 3.8) is 0 Å². The van der Waals surface area contributed by atoms with E-state index in [1.54, 1.807) is 32.2 Å². The summed E-state index contributed by atoms with van der Waals surface area (Å²) < 4.78 is 28.5. The number of hydrogen-bond acceptors (Lipinski definition) is 3. The molecule has 1 atom stereocenters. The number of rotatable bonds is 6. The van der Waals surface area contributed by atoms with Crippen molar-refractivity contribution in [2.75, 3.05) is 27.7 Å². The Morgan fingerprint density at radius 2 is 1.73 bits per heavy atom. The van der Waals surface area contributed by atoms with E-state index < -0.39 is 17.7 Å². The molecule has 0 saturated heterocycles. The van der Waals surface area contributed by atoms with Gasteiger partial charge in [0.05, 0.1) is 11.6 Å². The molecule has 0 radical (unpaired) electrons. The second-order valence-electron chi connectivity index (χ2n) is 6.91. The maximum Gasteiger partial charge on any atom is 0.191 e.